The highest BCUT2D eigenvalue weighted by atomic mass is 16.6. The molecule has 12 nitrogen and oxygen atoms in total. The van der Waals surface area contributed by atoms with Crippen LogP contribution in [0.25, 0.3) is 0 Å². The van der Waals surface area contributed by atoms with Gasteiger partial charge in [-0.25, -0.2) is 19.2 Å². The third-order valence-electron chi connectivity index (χ3n) is 2.69. The number of hydrogen-bond acceptors (Lipinski definition) is 10. The van der Waals surface area contributed by atoms with Gasteiger partial charge < -0.3 is 40.1 Å². The molecule has 0 aromatic carbocycles. The number of carbonyl (C=O) groups excluding carboxylic acids is 2. The van der Waals surface area contributed by atoms with Crippen molar-refractivity contribution in [3.05, 3.63) is 24.3 Å². The van der Waals surface area contributed by atoms with Gasteiger partial charge in [0.2, 0.25) is 0 Å². The number of carbonyl (C=O) groups is 4. The highest BCUT2D eigenvalue weighted by molar-refractivity contribution is 5.91. The van der Waals surface area contributed by atoms with Crippen LogP contribution in [0.15, 0.2) is 24.3 Å². The fraction of sp³-hybridized carbons (Fsp3) is 0.429. The van der Waals surface area contributed by atoms with Crippen molar-refractivity contribution in [1.29, 1.82) is 0 Å². The van der Waals surface area contributed by atoms with Gasteiger partial charge in [-0.05, 0) is 0 Å². The van der Waals surface area contributed by atoms with Crippen LogP contribution < -0.4 is 0 Å². The third kappa shape index (κ3) is 9.48. The van der Waals surface area contributed by atoms with Crippen LogP contribution >= 0.6 is 0 Å². The Hall–Kier alpha value is -2.80. The zero-order valence-corrected chi connectivity index (χ0v) is 13.2. The molecule has 0 fully saturated rings. The molecular formula is C14H18O12. The van der Waals surface area contributed by atoms with Gasteiger partial charge in [-0.2, -0.15) is 0 Å². The molecule has 0 aromatic rings. The molecule has 4 atom stereocenters. The Bertz CT molecular complexity index is 566. The average molecular weight is 378 g/mol. The summed E-state index contributed by atoms with van der Waals surface area (Å²) in [6, 6.07) is 0. The Kier molecular flexibility index (Phi) is 10.4. The van der Waals surface area contributed by atoms with E-state index in [4.69, 9.17) is 15.3 Å². The summed E-state index contributed by atoms with van der Waals surface area (Å²) in [5, 5.41) is 54.4. The molecule has 146 valence electrons. The van der Waals surface area contributed by atoms with E-state index in [0.29, 0.717) is 24.3 Å². The molecule has 0 rings (SSSR count). The number of aliphatic hydroxyl groups is 4. The van der Waals surface area contributed by atoms with E-state index in [1.165, 1.54) is 0 Å². The summed E-state index contributed by atoms with van der Waals surface area (Å²) in [7, 11) is 0. The van der Waals surface area contributed by atoms with Gasteiger partial charge in [-0.1, -0.05) is 0 Å². The number of carboxylic acid groups (broad SMARTS) is 2. The summed E-state index contributed by atoms with van der Waals surface area (Å²) < 4.78 is 9.19. The van der Waals surface area contributed by atoms with E-state index in [9.17, 15) is 34.5 Å². The number of hydrogen-bond donors (Lipinski definition) is 6. The maximum absolute atomic E-state index is 11.5. The van der Waals surface area contributed by atoms with Crippen LogP contribution in [0.4, 0.5) is 0 Å². The minimum atomic E-state index is -2.03. The molecular weight excluding hydrogens is 360 g/mol. The van der Waals surface area contributed by atoms with Gasteiger partial charge in [0.05, 0.1) is 6.61 Å². The maximum atomic E-state index is 11.5. The fourth-order valence-corrected chi connectivity index (χ4v) is 1.44. The molecule has 0 aromatic heterocycles. The standard InChI is InChI=1S/C14H18O12/c15-5-7(16)13(23)14(24)8(26-12(22)4-2-10(19)20)6-25-11(21)3-1-9(17)18/h1-4,7-8,13-16,23-24H,5-6H2,(H,17,18)(H,19,20)/t7-,8+,13-,14-/m1/s1. The largest absolute Gasteiger partial charge is 0.478 e. The van der Waals surface area contributed by atoms with E-state index in [-0.39, 0.29) is 0 Å². The minimum absolute atomic E-state index is 0.423. The quantitative estimate of drug-likeness (QED) is 0.155. The van der Waals surface area contributed by atoms with E-state index in [1.807, 2.05) is 0 Å². The highest BCUT2D eigenvalue weighted by Crippen LogP contribution is 2.10. The van der Waals surface area contributed by atoms with Crippen LogP contribution in [0.5, 0.6) is 0 Å². The van der Waals surface area contributed by atoms with Crippen LogP contribution in [0.2, 0.25) is 0 Å². The lowest BCUT2D eigenvalue weighted by Crippen LogP contribution is -2.49. The van der Waals surface area contributed by atoms with Crippen molar-refractivity contribution in [1.82, 2.24) is 0 Å². The van der Waals surface area contributed by atoms with Crippen LogP contribution in [0.3, 0.4) is 0 Å². The SMILES string of the molecule is O=C(O)C=CC(=O)OC[C@H](OC(=O)C=CC(=O)O)[C@@H](O)[C@H](O)[C@H](O)CO. The molecule has 0 radical (unpaired) electrons. The van der Waals surface area contributed by atoms with E-state index in [2.05, 4.69) is 9.47 Å². The molecule has 0 saturated carbocycles. The smallest absolute Gasteiger partial charge is 0.331 e. The fourth-order valence-electron chi connectivity index (χ4n) is 1.44. The highest BCUT2D eigenvalue weighted by Gasteiger charge is 2.34. The number of rotatable bonds is 11. The molecule has 0 amide bonds. The molecule has 6 N–H and O–H groups in total. The number of esters is 2. The zero-order chi connectivity index (χ0) is 20.3. The number of ether oxygens (including phenoxy) is 2. The summed E-state index contributed by atoms with van der Waals surface area (Å²) in [4.78, 5) is 43.4. The molecule has 12 heteroatoms. The normalized spacial score (nSPS) is 16.0. The second-order valence-electron chi connectivity index (χ2n) is 4.68. The number of aliphatic hydroxyl groups excluding tert-OH is 4. The van der Waals surface area contributed by atoms with Crippen LogP contribution in [0, 0.1) is 0 Å². The van der Waals surface area contributed by atoms with Gasteiger partial charge >= 0.3 is 23.9 Å². The molecule has 26 heavy (non-hydrogen) atoms. The average Bonchev–Trinajstić information content (AvgIpc) is 2.59. The van der Waals surface area contributed by atoms with Crippen molar-refractivity contribution >= 4 is 23.9 Å². The lowest BCUT2D eigenvalue weighted by Gasteiger charge is -2.27. The minimum Gasteiger partial charge on any atom is -0.478 e. The van der Waals surface area contributed by atoms with Crippen LogP contribution in [0.1, 0.15) is 0 Å². The number of carboxylic acids is 2. The van der Waals surface area contributed by atoms with Crippen LogP contribution in [-0.4, -0.2) is 92.1 Å². The summed E-state index contributed by atoms with van der Waals surface area (Å²) in [6.45, 7) is -1.81. The molecule has 0 heterocycles. The van der Waals surface area contributed by atoms with Gasteiger partial charge in [-0.3, -0.25) is 0 Å². The van der Waals surface area contributed by atoms with Gasteiger partial charge in [0.25, 0.3) is 0 Å². The second kappa shape index (κ2) is 11.7. The Labute approximate surface area is 146 Å². The first-order valence-corrected chi connectivity index (χ1v) is 6.93. The first-order valence-electron chi connectivity index (χ1n) is 6.93. The van der Waals surface area contributed by atoms with Crippen molar-refractivity contribution < 1.29 is 59.3 Å². The summed E-state index contributed by atoms with van der Waals surface area (Å²) in [6.07, 6.45) is -5.74. The summed E-state index contributed by atoms with van der Waals surface area (Å²) in [5.41, 5.74) is 0. The van der Waals surface area contributed by atoms with Gasteiger partial charge in [0.15, 0.2) is 6.10 Å². The topological polar surface area (TPSA) is 208 Å². The van der Waals surface area contributed by atoms with Crippen molar-refractivity contribution in [2.45, 2.75) is 24.4 Å². The Morgan fingerprint density at radius 3 is 1.77 bits per heavy atom. The molecule has 0 aliphatic rings. The van der Waals surface area contributed by atoms with E-state index >= 15 is 0 Å². The monoisotopic (exact) mass is 378 g/mol. The Morgan fingerprint density at radius 1 is 0.808 bits per heavy atom. The molecule has 0 aliphatic carbocycles. The molecule has 0 bridgehead atoms. The first kappa shape index (κ1) is 23.2. The third-order valence-corrected chi connectivity index (χ3v) is 2.69. The predicted octanol–water partition coefficient (Wildman–Crippen LogP) is -3.20. The molecule has 0 spiro atoms. The second-order valence-corrected chi connectivity index (χ2v) is 4.68. The van der Waals surface area contributed by atoms with Crippen molar-refractivity contribution in [2.24, 2.45) is 0 Å². The van der Waals surface area contributed by atoms with E-state index in [1.54, 1.807) is 0 Å². The summed E-state index contributed by atoms with van der Waals surface area (Å²) >= 11 is 0. The van der Waals surface area contributed by atoms with E-state index < -0.39 is 61.5 Å². The van der Waals surface area contributed by atoms with Gasteiger partial charge in [0, 0.05) is 24.3 Å². The lowest BCUT2D eigenvalue weighted by atomic mass is 10.0. The maximum Gasteiger partial charge on any atom is 0.331 e. The molecule has 0 saturated heterocycles. The van der Waals surface area contributed by atoms with Crippen LogP contribution in [-0.2, 0) is 28.7 Å². The zero-order valence-electron chi connectivity index (χ0n) is 13.2. The van der Waals surface area contributed by atoms with Crippen molar-refractivity contribution in [3.8, 4) is 0 Å². The van der Waals surface area contributed by atoms with E-state index in [0.717, 1.165) is 0 Å². The Morgan fingerprint density at radius 2 is 1.31 bits per heavy atom. The predicted molar refractivity (Wildman–Crippen MR) is 79.5 cm³/mol. The first-order chi connectivity index (χ1) is 12.1. The summed E-state index contributed by atoms with van der Waals surface area (Å²) in [5.74, 6) is -5.37. The Balaban J connectivity index is 5.08. The number of aliphatic carboxylic acids is 2. The van der Waals surface area contributed by atoms with Crippen molar-refractivity contribution in [3.63, 3.8) is 0 Å². The van der Waals surface area contributed by atoms with Gasteiger partial charge in [-0.15, -0.1) is 0 Å². The molecule has 0 aliphatic heterocycles. The molecule has 0 unspecified atom stereocenters. The lowest BCUT2D eigenvalue weighted by molar-refractivity contribution is -0.172. The van der Waals surface area contributed by atoms with Gasteiger partial charge in [0.1, 0.15) is 24.9 Å². The van der Waals surface area contributed by atoms with Crippen molar-refractivity contribution in [2.75, 3.05) is 13.2 Å².